The lowest BCUT2D eigenvalue weighted by molar-refractivity contribution is -0.140. The van der Waals surface area contributed by atoms with E-state index in [9.17, 15) is 9.59 Å². The number of benzene rings is 2. The van der Waals surface area contributed by atoms with Crippen molar-refractivity contribution < 1.29 is 9.59 Å². The van der Waals surface area contributed by atoms with Crippen LogP contribution in [0.15, 0.2) is 42.5 Å². The molecule has 1 aliphatic carbocycles. The monoisotopic (exact) mass is 420 g/mol. The SMILES string of the molecule is Cc1ccc(CC(=O)N(Cc2ccccc2C)C(C)C(=O)NC2CCCCC2)cc1C. The summed E-state index contributed by atoms with van der Waals surface area (Å²) in [5.41, 5.74) is 5.59. The van der Waals surface area contributed by atoms with Gasteiger partial charge in [-0.1, -0.05) is 61.7 Å². The van der Waals surface area contributed by atoms with Gasteiger partial charge in [-0.25, -0.2) is 0 Å². The van der Waals surface area contributed by atoms with Crippen LogP contribution in [0.4, 0.5) is 0 Å². The molecule has 0 saturated heterocycles. The molecule has 4 heteroatoms. The molecule has 1 saturated carbocycles. The fourth-order valence-corrected chi connectivity index (χ4v) is 4.31. The van der Waals surface area contributed by atoms with E-state index in [-0.39, 0.29) is 17.9 Å². The lowest BCUT2D eigenvalue weighted by atomic mass is 9.95. The maximum Gasteiger partial charge on any atom is 0.242 e. The minimum atomic E-state index is -0.513. The minimum absolute atomic E-state index is 0.0159. The fraction of sp³-hybridized carbons (Fsp3) is 0.481. The van der Waals surface area contributed by atoms with Crippen molar-refractivity contribution in [3.63, 3.8) is 0 Å². The molecule has 0 bridgehead atoms. The number of hydrogen-bond acceptors (Lipinski definition) is 2. The average molecular weight is 421 g/mol. The van der Waals surface area contributed by atoms with Crippen LogP contribution >= 0.6 is 0 Å². The summed E-state index contributed by atoms with van der Waals surface area (Å²) in [6, 6.07) is 13.9. The van der Waals surface area contributed by atoms with Gasteiger partial charge in [0.15, 0.2) is 0 Å². The van der Waals surface area contributed by atoms with E-state index in [4.69, 9.17) is 0 Å². The van der Waals surface area contributed by atoms with Crippen LogP contribution in [0.1, 0.15) is 66.8 Å². The molecular formula is C27H36N2O2. The summed E-state index contributed by atoms with van der Waals surface area (Å²) in [5.74, 6) is -0.0632. The summed E-state index contributed by atoms with van der Waals surface area (Å²) in [4.78, 5) is 28.2. The number of nitrogens with zero attached hydrogens (tertiary/aromatic N) is 1. The van der Waals surface area contributed by atoms with E-state index < -0.39 is 6.04 Å². The molecule has 4 nitrogen and oxygen atoms in total. The third-order valence-corrected chi connectivity index (χ3v) is 6.65. The molecule has 0 aromatic heterocycles. The second kappa shape index (κ2) is 10.6. The Morgan fingerprint density at radius 3 is 2.35 bits per heavy atom. The van der Waals surface area contributed by atoms with E-state index >= 15 is 0 Å². The molecule has 0 radical (unpaired) electrons. The van der Waals surface area contributed by atoms with E-state index in [1.807, 2.05) is 44.2 Å². The summed E-state index contributed by atoms with van der Waals surface area (Å²) in [5, 5.41) is 3.20. The Morgan fingerprint density at radius 2 is 1.68 bits per heavy atom. The Kier molecular flexibility index (Phi) is 7.89. The number of carbonyl (C=O) groups excluding carboxylic acids is 2. The third-order valence-electron chi connectivity index (χ3n) is 6.65. The van der Waals surface area contributed by atoms with Crippen molar-refractivity contribution in [3.05, 3.63) is 70.3 Å². The fourth-order valence-electron chi connectivity index (χ4n) is 4.31. The highest BCUT2D eigenvalue weighted by Crippen LogP contribution is 2.19. The van der Waals surface area contributed by atoms with E-state index in [1.54, 1.807) is 4.90 Å². The molecule has 166 valence electrons. The van der Waals surface area contributed by atoms with Crippen molar-refractivity contribution in [2.45, 2.75) is 84.8 Å². The summed E-state index contributed by atoms with van der Waals surface area (Å²) >= 11 is 0. The Bertz CT molecular complexity index is 915. The number of aryl methyl sites for hydroxylation is 3. The molecule has 1 aliphatic rings. The first-order valence-corrected chi connectivity index (χ1v) is 11.6. The van der Waals surface area contributed by atoms with Crippen molar-refractivity contribution in [3.8, 4) is 0 Å². The van der Waals surface area contributed by atoms with E-state index in [1.165, 1.54) is 17.5 Å². The van der Waals surface area contributed by atoms with Crippen molar-refractivity contribution in [2.75, 3.05) is 0 Å². The van der Waals surface area contributed by atoms with Crippen LogP contribution in [0.3, 0.4) is 0 Å². The molecule has 2 aromatic carbocycles. The number of nitrogens with one attached hydrogen (secondary N) is 1. The van der Waals surface area contributed by atoms with Gasteiger partial charge >= 0.3 is 0 Å². The van der Waals surface area contributed by atoms with Gasteiger partial charge < -0.3 is 10.2 Å². The van der Waals surface area contributed by atoms with Gasteiger partial charge in [0, 0.05) is 12.6 Å². The van der Waals surface area contributed by atoms with Gasteiger partial charge in [-0.15, -0.1) is 0 Å². The summed E-state index contributed by atoms with van der Waals surface area (Å²) in [6.45, 7) is 8.48. The summed E-state index contributed by atoms with van der Waals surface area (Å²) in [6.07, 6.45) is 5.94. The number of hydrogen-bond donors (Lipinski definition) is 1. The minimum Gasteiger partial charge on any atom is -0.352 e. The summed E-state index contributed by atoms with van der Waals surface area (Å²) < 4.78 is 0. The van der Waals surface area contributed by atoms with Gasteiger partial charge in [0.05, 0.1) is 6.42 Å². The Labute approximate surface area is 187 Å². The predicted octanol–water partition coefficient (Wildman–Crippen LogP) is 5.02. The van der Waals surface area contributed by atoms with Gasteiger partial charge in [0.2, 0.25) is 11.8 Å². The van der Waals surface area contributed by atoms with Gasteiger partial charge in [-0.3, -0.25) is 9.59 Å². The largest absolute Gasteiger partial charge is 0.352 e. The lowest BCUT2D eigenvalue weighted by Gasteiger charge is -2.31. The topological polar surface area (TPSA) is 49.4 Å². The van der Waals surface area contributed by atoms with Crippen LogP contribution in [0.25, 0.3) is 0 Å². The van der Waals surface area contributed by atoms with Crippen LogP contribution in [-0.4, -0.2) is 28.8 Å². The first kappa shape index (κ1) is 23.1. The molecule has 0 aliphatic heterocycles. The number of rotatable bonds is 7. The van der Waals surface area contributed by atoms with Gasteiger partial charge in [0.1, 0.15) is 6.04 Å². The molecule has 0 spiro atoms. The Hall–Kier alpha value is -2.62. The zero-order valence-electron chi connectivity index (χ0n) is 19.4. The first-order valence-electron chi connectivity index (χ1n) is 11.6. The van der Waals surface area contributed by atoms with Crippen molar-refractivity contribution >= 4 is 11.8 Å². The molecule has 1 unspecified atom stereocenters. The van der Waals surface area contributed by atoms with Gasteiger partial charge in [-0.2, -0.15) is 0 Å². The quantitative estimate of drug-likeness (QED) is 0.684. The van der Waals surface area contributed by atoms with E-state index in [2.05, 4.69) is 31.3 Å². The lowest BCUT2D eigenvalue weighted by Crippen LogP contribution is -2.50. The molecular weight excluding hydrogens is 384 g/mol. The molecule has 2 aromatic rings. The van der Waals surface area contributed by atoms with Crippen molar-refractivity contribution in [1.82, 2.24) is 10.2 Å². The van der Waals surface area contributed by atoms with Crippen molar-refractivity contribution in [2.24, 2.45) is 0 Å². The Morgan fingerprint density at radius 1 is 0.968 bits per heavy atom. The standard InChI is InChI=1S/C27H36N2O2/c1-19-14-15-23(16-21(19)3)17-26(30)29(18-24-11-9-8-10-20(24)2)22(4)27(31)28-25-12-6-5-7-13-25/h8-11,14-16,22,25H,5-7,12-13,17-18H2,1-4H3,(H,28,31). The highest BCUT2D eigenvalue weighted by Gasteiger charge is 2.28. The molecule has 1 fully saturated rings. The molecule has 1 N–H and O–H groups in total. The van der Waals surface area contributed by atoms with Crippen molar-refractivity contribution in [1.29, 1.82) is 0 Å². The second-order valence-electron chi connectivity index (χ2n) is 9.06. The smallest absolute Gasteiger partial charge is 0.242 e. The molecule has 3 rings (SSSR count). The molecule has 1 atom stereocenters. The van der Waals surface area contributed by atoms with E-state index in [0.29, 0.717) is 13.0 Å². The maximum absolute atomic E-state index is 13.4. The first-order chi connectivity index (χ1) is 14.8. The Balaban J connectivity index is 1.78. The van der Waals surface area contributed by atoms with Crippen LogP contribution < -0.4 is 5.32 Å². The van der Waals surface area contributed by atoms with Crippen LogP contribution in [0.2, 0.25) is 0 Å². The van der Waals surface area contributed by atoms with Gasteiger partial charge in [0.25, 0.3) is 0 Å². The van der Waals surface area contributed by atoms with Gasteiger partial charge in [-0.05, 0) is 68.4 Å². The normalized spacial score (nSPS) is 15.4. The zero-order valence-corrected chi connectivity index (χ0v) is 19.4. The van der Waals surface area contributed by atoms with Crippen LogP contribution in [0.5, 0.6) is 0 Å². The maximum atomic E-state index is 13.4. The summed E-state index contributed by atoms with van der Waals surface area (Å²) in [7, 11) is 0. The number of amides is 2. The molecule has 31 heavy (non-hydrogen) atoms. The predicted molar refractivity (Wildman–Crippen MR) is 126 cm³/mol. The van der Waals surface area contributed by atoms with E-state index in [0.717, 1.165) is 42.4 Å². The average Bonchev–Trinajstić information content (AvgIpc) is 2.76. The molecule has 2 amide bonds. The third kappa shape index (κ3) is 6.19. The highest BCUT2D eigenvalue weighted by atomic mass is 16.2. The zero-order chi connectivity index (χ0) is 22.4. The van der Waals surface area contributed by atoms with Crippen LogP contribution in [0, 0.1) is 20.8 Å². The second-order valence-corrected chi connectivity index (χ2v) is 9.06. The van der Waals surface area contributed by atoms with Crippen LogP contribution in [-0.2, 0) is 22.6 Å². The molecule has 0 heterocycles. The highest BCUT2D eigenvalue weighted by molar-refractivity contribution is 5.88. The number of carbonyl (C=O) groups is 2.